The van der Waals surface area contributed by atoms with Crippen LogP contribution in [0.1, 0.15) is 32.0 Å². The molecule has 1 amide bonds. The number of carbonyl (C=O) groups is 1. The number of nitrogens with zero attached hydrogens (tertiary/aromatic N) is 1. The molecular weight excluding hydrogens is 190 g/mol. The van der Waals surface area contributed by atoms with Crippen LogP contribution < -0.4 is 11.1 Å². The molecule has 0 spiro atoms. The fourth-order valence-electron chi connectivity index (χ4n) is 1.50. The Labute approximate surface area is 89.9 Å². The lowest BCUT2D eigenvalue weighted by Crippen LogP contribution is -2.33. The van der Waals surface area contributed by atoms with E-state index >= 15 is 0 Å². The molecule has 82 valence electrons. The number of nitrogens with one attached hydrogen (secondary N) is 1. The van der Waals surface area contributed by atoms with E-state index in [2.05, 4.69) is 10.3 Å². The molecule has 0 saturated heterocycles. The molecule has 2 unspecified atom stereocenters. The van der Waals surface area contributed by atoms with Gasteiger partial charge in [-0.15, -0.1) is 0 Å². The third-order valence-corrected chi connectivity index (χ3v) is 2.17. The van der Waals surface area contributed by atoms with Crippen molar-refractivity contribution in [2.24, 2.45) is 5.73 Å². The summed E-state index contributed by atoms with van der Waals surface area (Å²) < 4.78 is 0. The molecular formula is C11H17N3O. The van der Waals surface area contributed by atoms with Gasteiger partial charge in [-0.1, -0.05) is 6.07 Å². The second-order valence-corrected chi connectivity index (χ2v) is 3.71. The third kappa shape index (κ3) is 4.08. The minimum Gasteiger partial charge on any atom is -0.370 e. The lowest BCUT2D eigenvalue weighted by Gasteiger charge is -2.18. The molecule has 0 saturated carbocycles. The van der Waals surface area contributed by atoms with E-state index in [-0.39, 0.29) is 18.0 Å². The van der Waals surface area contributed by atoms with E-state index in [1.54, 1.807) is 6.20 Å². The van der Waals surface area contributed by atoms with Gasteiger partial charge >= 0.3 is 0 Å². The Hall–Kier alpha value is -1.42. The lowest BCUT2D eigenvalue weighted by atomic mass is 10.1. The number of hydrogen-bond donors (Lipinski definition) is 2. The van der Waals surface area contributed by atoms with Crippen molar-refractivity contribution in [1.29, 1.82) is 0 Å². The molecule has 3 N–H and O–H groups in total. The van der Waals surface area contributed by atoms with Crippen LogP contribution >= 0.6 is 0 Å². The Morgan fingerprint density at radius 3 is 2.80 bits per heavy atom. The Bertz CT molecular complexity index is 313. The topological polar surface area (TPSA) is 68.0 Å². The van der Waals surface area contributed by atoms with Crippen LogP contribution in [0.25, 0.3) is 0 Å². The number of nitrogens with two attached hydrogens (primary N) is 1. The highest BCUT2D eigenvalue weighted by Crippen LogP contribution is 2.09. The fourth-order valence-corrected chi connectivity index (χ4v) is 1.50. The van der Waals surface area contributed by atoms with Crippen molar-refractivity contribution < 1.29 is 4.79 Å². The van der Waals surface area contributed by atoms with Crippen molar-refractivity contribution in [2.75, 3.05) is 0 Å². The van der Waals surface area contributed by atoms with Crippen molar-refractivity contribution in [3.8, 4) is 0 Å². The molecule has 1 aromatic heterocycles. The summed E-state index contributed by atoms with van der Waals surface area (Å²) in [5.74, 6) is -0.289. The number of aromatic nitrogens is 1. The lowest BCUT2D eigenvalue weighted by molar-refractivity contribution is -0.118. The molecule has 0 aliphatic carbocycles. The molecule has 0 aliphatic rings. The van der Waals surface area contributed by atoms with Gasteiger partial charge in [0.05, 0.1) is 5.69 Å². The highest BCUT2D eigenvalue weighted by Gasteiger charge is 2.11. The van der Waals surface area contributed by atoms with Gasteiger partial charge in [0.25, 0.3) is 0 Å². The van der Waals surface area contributed by atoms with Gasteiger partial charge in [0, 0.05) is 24.7 Å². The predicted octanol–water partition coefficient (Wildman–Crippen LogP) is 0.996. The summed E-state index contributed by atoms with van der Waals surface area (Å²) in [5.41, 5.74) is 6.08. The molecule has 1 heterocycles. The molecule has 1 rings (SSSR count). The molecule has 1 aromatic rings. The van der Waals surface area contributed by atoms with Crippen LogP contribution in [-0.4, -0.2) is 16.9 Å². The smallest absolute Gasteiger partial charge is 0.218 e. The third-order valence-electron chi connectivity index (χ3n) is 2.17. The highest BCUT2D eigenvalue weighted by atomic mass is 16.1. The number of rotatable bonds is 5. The van der Waals surface area contributed by atoms with E-state index in [1.165, 1.54) is 0 Å². The molecule has 4 nitrogen and oxygen atoms in total. The van der Waals surface area contributed by atoms with E-state index in [0.29, 0.717) is 6.42 Å². The number of amides is 1. The van der Waals surface area contributed by atoms with E-state index < -0.39 is 0 Å². The Kier molecular flexibility index (Phi) is 4.24. The van der Waals surface area contributed by atoms with E-state index in [0.717, 1.165) is 5.69 Å². The zero-order valence-electron chi connectivity index (χ0n) is 9.10. The quantitative estimate of drug-likeness (QED) is 0.756. The summed E-state index contributed by atoms with van der Waals surface area (Å²) in [4.78, 5) is 14.9. The second-order valence-electron chi connectivity index (χ2n) is 3.71. The van der Waals surface area contributed by atoms with Crippen LogP contribution in [0.15, 0.2) is 24.4 Å². The van der Waals surface area contributed by atoms with Crippen molar-refractivity contribution >= 4 is 5.91 Å². The predicted molar refractivity (Wildman–Crippen MR) is 59.1 cm³/mol. The summed E-state index contributed by atoms with van der Waals surface area (Å²) >= 11 is 0. The standard InChI is InChI=1S/C11H17N3O/c1-8(7-11(12)15)14-9(2)10-5-3-4-6-13-10/h3-6,8-9,14H,7H2,1-2H3,(H2,12,15). The maximum absolute atomic E-state index is 10.7. The summed E-state index contributed by atoms with van der Waals surface area (Å²) in [6.07, 6.45) is 2.10. The normalized spacial score (nSPS) is 14.5. The molecule has 0 bridgehead atoms. The molecule has 15 heavy (non-hydrogen) atoms. The monoisotopic (exact) mass is 207 g/mol. The Morgan fingerprint density at radius 1 is 1.53 bits per heavy atom. The van der Waals surface area contributed by atoms with Crippen molar-refractivity contribution in [1.82, 2.24) is 10.3 Å². The number of hydrogen-bond acceptors (Lipinski definition) is 3. The van der Waals surface area contributed by atoms with E-state index in [9.17, 15) is 4.79 Å². The zero-order valence-corrected chi connectivity index (χ0v) is 9.10. The van der Waals surface area contributed by atoms with Gasteiger partial charge in [-0.3, -0.25) is 9.78 Å². The average molecular weight is 207 g/mol. The molecule has 0 aliphatic heterocycles. The van der Waals surface area contributed by atoms with Crippen molar-refractivity contribution in [3.63, 3.8) is 0 Å². The van der Waals surface area contributed by atoms with Crippen molar-refractivity contribution in [2.45, 2.75) is 32.4 Å². The van der Waals surface area contributed by atoms with Gasteiger partial charge in [-0.2, -0.15) is 0 Å². The van der Waals surface area contributed by atoms with Gasteiger partial charge in [0.2, 0.25) is 5.91 Å². The molecule has 2 atom stereocenters. The maximum Gasteiger partial charge on any atom is 0.218 e. The molecule has 0 radical (unpaired) electrons. The van der Waals surface area contributed by atoms with E-state index in [4.69, 9.17) is 5.73 Å². The van der Waals surface area contributed by atoms with E-state index in [1.807, 2.05) is 32.0 Å². The van der Waals surface area contributed by atoms with Crippen LogP contribution in [0.2, 0.25) is 0 Å². The first-order valence-corrected chi connectivity index (χ1v) is 5.05. The largest absolute Gasteiger partial charge is 0.370 e. The molecule has 4 heteroatoms. The first-order valence-electron chi connectivity index (χ1n) is 5.05. The van der Waals surface area contributed by atoms with Crippen molar-refractivity contribution in [3.05, 3.63) is 30.1 Å². The number of carbonyl (C=O) groups excluding carboxylic acids is 1. The molecule has 0 aromatic carbocycles. The second kappa shape index (κ2) is 5.46. The highest BCUT2D eigenvalue weighted by molar-refractivity contribution is 5.74. The SMILES string of the molecule is CC(CC(N)=O)NC(C)c1ccccn1. The Morgan fingerprint density at radius 2 is 2.27 bits per heavy atom. The van der Waals surface area contributed by atoms with Gasteiger partial charge in [0.15, 0.2) is 0 Å². The van der Waals surface area contributed by atoms with Crippen LogP contribution in [-0.2, 0) is 4.79 Å². The first kappa shape index (κ1) is 11.7. The zero-order chi connectivity index (χ0) is 11.3. The van der Waals surface area contributed by atoms with Crippen LogP contribution in [0.5, 0.6) is 0 Å². The average Bonchev–Trinajstić information content (AvgIpc) is 2.17. The Balaban J connectivity index is 2.49. The fraction of sp³-hybridized carbons (Fsp3) is 0.455. The van der Waals surface area contributed by atoms with Gasteiger partial charge in [-0.25, -0.2) is 0 Å². The summed E-state index contributed by atoms with van der Waals surface area (Å²) in [5, 5.41) is 3.26. The maximum atomic E-state index is 10.7. The minimum absolute atomic E-state index is 0.0690. The van der Waals surface area contributed by atoms with Gasteiger partial charge in [0.1, 0.15) is 0 Å². The minimum atomic E-state index is -0.289. The number of primary amides is 1. The molecule has 0 fully saturated rings. The summed E-state index contributed by atoms with van der Waals surface area (Å²) in [6, 6.07) is 5.97. The van der Waals surface area contributed by atoms with Crippen LogP contribution in [0.3, 0.4) is 0 Å². The van der Waals surface area contributed by atoms with Crippen LogP contribution in [0, 0.1) is 0 Å². The van der Waals surface area contributed by atoms with Gasteiger partial charge < -0.3 is 11.1 Å². The number of pyridine rings is 1. The van der Waals surface area contributed by atoms with Crippen LogP contribution in [0.4, 0.5) is 0 Å². The van der Waals surface area contributed by atoms with Gasteiger partial charge in [-0.05, 0) is 26.0 Å². The summed E-state index contributed by atoms with van der Waals surface area (Å²) in [7, 11) is 0. The summed E-state index contributed by atoms with van der Waals surface area (Å²) in [6.45, 7) is 3.95. The first-order chi connectivity index (χ1) is 7.09.